The van der Waals surface area contributed by atoms with Crippen molar-refractivity contribution in [1.82, 2.24) is 10.2 Å². The lowest BCUT2D eigenvalue weighted by Crippen LogP contribution is -2.29. The van der Waals surface area contributed by atoms with Crippen LogP contribution in [0.1, 0.15) is 25.7 Å². The SMILES string of the molecule is c1ccc(OCCCCN2CCC3(CCNC3)C2)cc1. The van der Waals surface area contributed by atoms with Gasteiger partial charge in [0.25, 0.3) is 0 Å². The molecule has 3 nitrogen and oxygen atoms in total. The van der Waals surface area contributed by atoms with Crippen LogP contribution >= 0.6 is 0 Å². The van der Waals surface area contributed by atoms with E-state index in [1.165, 1.54) is 52.0 Å². The van der Waals surface area contributed by atoms with E-state index in [0.29, 0.717) is 5.41 Å². The van der Waals surface area contributed by atoms with Crippen molar-refractivity contribution in [3.63, 3.8) is 0 Å². The highest BCUT2D eigenvalue weighted by Gasteiger charge is 2.39. The third-order valence-electron chi connectivity index (χ3n) is 4.73. The van der Waals surface area contributed by atoms with Gasteiger partial charge in [0.15, 0.2) is 0 Å². The molecule has 1 spiro atoms. The summed E-state index contributed by atoms with van der Waals surface area (Å²) < 4.78 is 5.74. The monoisotopic (exact) mass is 274 g/mol. The summed E-state index contributed by atoms with van der Waals surface area (Å²) >= 11 is 0. The van der Waals surface area contributed by atoms with Gasteiger partial charge in [-0.15, -0.1) is 0 Å². The molecular weight excluding hydrogens is 248 g/mol. The van der Waals surface area contributed by atoms with Crippen molar-refractivity contribution >= 4 is 0 Å². The van der Waals surface area contributed by atoms with Gasteiger partial charge in [-0.3, -0.25) is 0 Å². The molecule has 1 aromatic carbocycles. The predicted octanol–water partition coefficient (Wildman–Crippen LogP) is 2.53. The number of ether oxygens (including phenoxy) is 1. The molecule has 0 aromatic heterocycles. The Morgan fingerprint density at radius 1 is 1.15 bits per heavy atom. The lowest BCUT2D eigenvalue weighted by molar-refractivity contribution is 0.254. The molecule has 0 aliphatic carbocycles. The van der Waals surface area contributed by atoms with Crippen LogP contribution in [0.4, 0.5) is 0 Å². The van der Waals surface area contributed by atoms with Crippen LogP contribution < -0.4 is 10.1 Å². The van der Waals surface area contributed by atoms with Crippen molar-refractivity contribution in [2.75, 3.05) is 39.3 Å². The summed E-state index contributed by atoms with van der Waals surface area (Å²) in [7, 11) is 0. The topological polar surface area (TPSA) is 24.5 Å². The lowest BCUT2D eigenvalue weighted by atomic mass is 9.87. The molecule has 2 aliphatic heterocycles. The molecule has 2 fully saturated rings. The number of benzene rings is 1. The fourth-order valence-electron chi connectivity index (χ4n) is 3.51. The molecular formula is C17H26N2O. The molecule has 1 aromatic rings. The standard InChI is InChI=1S/C17H26N2O/c1-2-6-16(7-3-1)20-13-5-4-11-19-12-9-17(15-19)8-10-18-14-17/h1-3,6-7,18H,4-5,8-15H2. The number of nitrogens with zero attached hydrogens (tertiary/aromatic N) is 1. The van der Waals surface area contributed by atoms with Gasteiger partial charge < -0.3 is 15.0 Å². The van der Waals surface area contributed by atoms with Gasteiger partial charge in [-0.25, -0.2) is 0 Å². The number of unbranched alkanes of at least 4 members (excludes halogenated alkanes) is 1. The first-order valence-corrected chi connectivity index (χ1v) is 7.97. The zero-order valence-corrected chi connectivity index (χ0v) is 12.3. The minimum absolute atomic E-state index is 0.612. The van der Waals surface area contributed by atoms with Crippen molar-refractivity contribution in [3.8, 4) is 5.75 Å². The molecule has 3 rings (SSSR count). The normalized spacial score (nSPS) is 26.4. The first kappa shape index (κ1) is 13.9. The highest BCUT2D eigenvalue weighted by Crippen LogP contribution is 2.35. The molecule has 0 amide bonds. The third-order valence-corrected chi connectivity index (χ3v) is 4.73. The summed E-state index contributed by atoms with van der Waals surface area (Å²) in [5.41, 5.74) is 0.612. The Kier molecular flexibility index (Phi) is 4.58. The Hall–Kier alpha value is -1.06. The number of rotatable bonds is 6. The molecule has 1 atom stereocenters. The van der Waals surface area contributed by atoms with E-state index in [9.17, 15) is 0 Å². The zero-order chi connectivity index (χ0) is 13.7. The van der Waals surface area contributed by atoms with Gasteiger partial charge in [0.1, 0.15) is 5.75 Å². The molecule has 1 N–H and O–H groups in total. The highest BCUT2D eigenvalue weighted by molar-refractivity contribution is 5.20. The molecule has 2 saturated heterocycles. The van der Waals surface area contributed by atoms with Gasteiger partial charge in [0, 0.05) is 13.1 Å². The second-order valence-electron chi connectivity index (χ2n) is 6.32. The third kappa shape index (κ3) is 3.53. The van der Waals surface area contributed by atoms with Crippen molar-refractivity contribution in [2.45, 2.75) is 25.7 Å². The molecule has 0 saturated carbocycles. The average molecular weight is 274 g/mol. The van der Waals surface area contributed by atoms with Crippen molar-refractivity contribution < 1.29 is 4.74 Å². The van der Waals surface area contributed by atoms with Crippen LogP contribution in [-0.4, -0.2) is 44.2 Å². The largest absolute Gasteiger partial charge is 0.494 e. The van der Waals surface area contributed by atoms with Crippen LogP contribution in [0.3, 0.4) is 0 Å². The smallest absolute Gasteiger partial charge is 0.119 e. The number of hydrogen-bond acceptors (Lipinski definition) is 3. The lowest BCUT2D eigenvalue weighted by Gasteiger charge is -2.22. The van der Waals surface area contributed by atoms with Crippen LogP contribution in [0, 0.1) is 5.41 Å². The summed E-state index contributed by atoms with van der Waals surface area (Å²) in [5, 5.41) is 3.52. The van der Waals surface area contributed by atoms with Gasteiger partial charge in [-0.1, -0.05) is 18.2 Å². The number of para-hydroxylation sites is 1. The predicted molar refractivity (Wildman–Crippen MR) is 82.1 cm³/mol. The van der Waals surface area contributed by atoms with E-state index in [1.54, 1.807) is 0 Å². The van der Waals surface area contributed by atoms with Crippen molar-refractivity contribution in [2.24, 2.45) is 5.41 Å². The average Bonchev–Trinajstić information content (AvgIpc) is 3.10. The Labute approximate surface area is 122 Å². The molecule has 1 unspecified atom stereocenters. The van der Waals surface area contributed by atoms with Crippen molar-refractivity contribution in [3.05, 3.63) is 30.3 Å². The van der Waals surface area contributed by atoms with E-state index in [-0.39, 0.29) is 0 Å². The first-order chi connectivity index (χ1) is 9.86. The van der Waals surface area contributed by atoms with Crippen molar-refractivity contribution in [1.29, 1.82) is 0 Å². The molecule has 3 heteroatoms. The van der Waals surface area contributed by atoms with E-state index in [0.717, 1.165) is 18.8 Å². The molecule has 2 aliphatic rings. The summed E-state index contributed by atoms with van der Waals surface area (Å²) in [6, 6.07) is 10.1. The van der Waals surface area contributed by atoms with Crippen LogP contribution in [0.25, 0.3) is 0 Å². The molecule has 0 radical (unpaired) electrons. The second-order valence-corrected chi connectivity index (χ2v) is 6.32. The van der Waals surface area contributed by atoms with Gasteiger partial charge >= 0.3 is 0 Å². The van der Waals surface area contributed by atoms with E-state index < -0.39 is 0 Å². The maximum absolute atomic E-state index is 5.74. The van der Waals surface area contributed by atoms with E-state index in [4.69, 9.17) is 4.74 Å². The molecule has 2 heterocycles. The Morgan fingerprint density at radius 3 is 2.85 bits per heavy atom. The van der Waals surface area contributed by atoms with E-state index in [1.807, 2.05) is 30.3 Å². The zero-order valence-electron chi connectivity index (χ0n) is 12.3. The number of nitrogens with one attached hydrogen (secondary N) is 1. The van der Waals surface area contributed by atoms with Gasteiger partial charge in [0.05, 0.1) is 6.61 Å². The summed E-state index contributed by atoms with van der Waals surface area (Å²) in [6.07, 6.45) is 5.16. The highest BCUT2D eigenvalue weighted by atomic mass is 16.5. The summed E-state index contributed by atoms with van der Waals surface area (Å²) in [5.74, 6) is 0.990. The summed E-state index contributed by atoms with van der Waals surface area (Å²) in [4.78, 5) is 2.65. The summed E-state index contributed by atoms with van der Waals surface area (Å²) in [6.45, 7) is 7.13. The molecule has 20 heavy (non-hydrogen) atoms. The number of hydrogen-bond donors (Lipinski definition) is 1. The van der Waals surface area contributed by atoms with Gasteiger partial charge in [-0.2, -0.15) is 0 Å². The van der Waals surface area contributed by atoms with E-state index >= 15 is 0 Å². The van der Waals surface area contributed by atoms with Crippen LogP contribution in [0.2, 0.25) is 0 Å². The Morgan fingerprint density at radius 2 is 2.05 bits per heavy atom. The quantitative estimate of drug-likeness (QED) is 0.807. The first-order valence-electron chi connectivity index (χ1n) is 7.97. The minimum atomic E-state index is 0.612. The fourth-order valence-corrected chi connectivity index (χ4v) is 3.51. The van der Waals surface area contributed by atoms with Gasteiger partial charge in [0.2, 0.25) is 0 Å². The fraction of sp³-hybridized carbons (Fsp3) is 0.647. The van der Waals surface area contributed by atoms with Crippen LogP contribution in [0.15, 0.2) is 30.3 Å². The molecule has 110 valence electrons. The Balaban J connectivity index is 1.29. The maximum Gasteiger partial charge on any atom is 0.119 e. The Bertz CT molecular complexity index is 401. The van der Waals surface area contributed by atoms with Gasteiger partial charge in [-0.05, 0) is 62.9 Å². The number of likely N-dealkylation sites (tertiary alicyclic amines) is 1. The second kappa shape index (κ2) is 6.59. The maximum atomic E-state index is 5.74. The van der Waals surface area contributed by atoms with E-state index in [2.05, 4.69) is 10.2 Å². The molecule has 0 bridgehead atoms. The minimum Gasteiger partial charge on any atom is -0.494 e. The van der Waals surface area contributed by atoms with Crippen LogP contribution in [0.5, 0.6) is 5.75 Å². The van der Waals surface area contributed by atoms with Crippen LogP contribution in [-0.2, 0) is 0 Å².